The molecule has 1 aliphatic heterocycles. The van der Waals surface area contributed by atoms with Gasteiger partial charge in [-0.3, -0.25) is 14.6 Å². The molecule has 2 aromatic rings. The summed E-state index contributed by atoms with van der Waals surface area (Å²) in [6, 6.07) is 12.3. The molecular formula is C20H27N3O2. The highest BCUT2D eigenvalue weighted by atomic mass is 16.3. The first kappa shape index (κ1) is 17.7. The van der Waals surface area contributed by atoms with Gasteiger partial charge < -0.3 is 9.73 Å². The summed E-state index contributed by atoms with van der Waals surface area (Å²) in [5.74, 6) is 0.840. The number of nitrogens with one attached hydrogen (secondary N) is 1. The molecule has 25 heavy (non-hydrogen) atoms. The molecule has 0 bridgehead atoms. The van der Waals surface area contributed by atoms with Crippen LogP contribution in [0, 0.1) is 6.92 Å². The lowest BCUT2D eigenvalue weighted by Gasteiger charge is -2.34. The number of rotatable bonds is 6. The van der Waals surface area contributed by atoms with E-state index in [-0.39, 0.29) is 11.9 Å². The maximum Gasteiger partial charge on any atom is 0.234 e. The molecule has 2 heterocycles. The van der Waals surface area contributed by atoms with Crippen LogP contribution in [0.15, 0.2) is 47.1 Å². The van der Waals surface area contributed by atoms with E-state index >= 15 is 0 Å². The molecule has 1 saturated heterocycles. The summed E-state index contributed by atoms with van der Waals surface area (Å²) in [7, 11) is 0. The molecule has 3 rings (SSSR count). The summed E-state index contributed by atoms with van der Waals surface area (Å²) in [4.78, 5) is 16.9. The van der Waals surface area contributed by atoms with Gasteiger partial charge in [0.05, 0.1) is 18.8 Å². The number of aryl methyl sites for hydroxylation is 1. The topological polar surface area (TPSA) is 48.7 Å². The molecule has 1 aromatic heterocycles. The van der Waals surface area contributed by atoms with Crippen molar-refractivity contribution in [1.29, 1.82) is 0 Å². The zero-order chi connectivity index (χ0) is 17.6. The molecule has 5 heteroatoms. The van der Waals surface area contributed by atoms with Crippen LogP contribution in [0.1, 0.15) is 29.9 Å². The average molecular weight is 341 g/mol. The van der Waals surface area contributed by atoms with Crippen molar-refractivity contribution in [3.05, 3.63) is 59.5 Å². The third-order valence-corrected chi connectivity index (χ3v) is 4.67. The van der Waals surface area contributed by atoms with Crippen LogP contribution in [-0.2, 0) is 11.3 Å². The Hall–Kier alpha value is -2.11. The van der Waals surface area contributed by atoms with Gasteiger partial charge in [0.15, 0.2) is 0 Å². The number of carbonyl (C=O) groups excluding carboxylic acids is 1. The van der Waals surface area contributed by atoms with Gasteiger partial charge in [-0.05, 0) is 31.5 Å². The number of hydrogen-bond acceptors (Lipinski definition) is 4. The number of benzene rings is 1. The molecule has 0 spiro atoms. The van der Waals surface area contributed by atoms with Crippen molar-refractivity contribution in [2.75, 3.05) is 32.7 Å². The minimum atomic E-state index is -0.0925. The van der Waals surface area contributed by atoms with Crippen LogP contribution in [0.4, 0.5) is 0 Å². The number of carbonyl (C=O) groups is 1. The molecule has 1 atom stereocenters. The highest BCUT2D eigenvalue weighted by Gasteiger charge is 2.20. The number of nitrogens with zero attached hydrogens (tertiary/aromatic N) is 2. The van der Waals surface area contributed by atoms with Crippen molar-refractivity contribution < 1.29 is 9.21 Å². The smallest absolute Gasteiger partial charge is 0.234 e. The number of hydrogen-bond donors (Lipinski definition) is 1. The van der Waals surface area contributed by atoms with Gasteiger partial charge in [0, 0.05) is 32.7 Å². The summed E-state index contributed by atoms with van der Waals surface area (Å²) in [6.07, 6.45) is 1.63. The molecule has 1 aromatic carbocycles. The van der Waals surface area contributed by atoms with Crippen LogP contribution in [0.2, 0.25) is 0 Å². The van der Waals surface area contributed by atoms with E-state index in [1.165, 1.54) is 11.1 Å². The van der Waals surface area contributed by atoms with E-state index in [1.807, 2.05) is 19.1 Å². The SMILES string of the molecule is Cc1cccc(CN2CCN(CC(=O)N[C@@H](C)c3ccco3)CC2)c1. The van der Waals surface area contributed by atoms with Gasteiger partial charge in [-0.1, -0.05) is 29.8 Å². The minimum Gasteiger partial charge on any atom is -0.467 e. The van der Waals surface area contributed by atoms with Gasteiger partial charge in [-0.2, -0.15) is 0 Å². The molecule has 134 valence electrons. The Labute approximate surface area is 149 Å². The van der Waals surface area contributed by atoms with Gasteiger partial charge in [-0.25, -0.2) is 0 Å². The largest absolute Gasteiger partial charge is 0.467 e. The quantitative estimate of drug-likeness (QED) is 0.877. The van der Waals surface area contributed by atoms with E-state index in [4.69, 9.17) is 4.42 Å². The summed E-state index contributed by atoms with van der Waals surface area (Å²) in [5.41, 5.74) is 2.66. The Morgan fingerprint density at radius 2 is 1.92 bits per heavy atom. The fourth-order valence-corrected chi connectivity index (χ4v) is 3.27. The van der Waals surface area contributed by atoms with Crippen molar-refractivity contribution in [2.45, 2.75) is 26.4 Å². The van der Waals surface area contributed by atoms with Gasteiger partial charge in [-0.15, -0.1) is 0 Å². The monoisotopic (exact) mass is 341 g/mol. The summed E-state index contributed by atoms with van der Waals surface area (Å²) in [6.45, 7) is 9.34. The van der Waals surface area contributed by atoms with E-state index in [9.17, 15) is 4.79 Å². The standard InChI is InChI=1S/C20H27N3O2/c1-16-5-3-6-18(13-16)14-22-8-10-23(11-9-22)15-20(24)21-17(2)19-7-4-12-25-19/h3-7,12-13,17H,8-11,14-15H2,1-2H3,(H,21,24)/t17-/m0/s1. The maximum atomic E-state index is 12.2. The third kappa shape index (κ3) is 5.18. The van der Waals surface area contributed by atoms with Crippen molar-refractivity contribution >= 4 is 5.91 Å². The summed E-state index contributed by atoms with van der Waals surface area (Å²) >= 11 is 0. The number of furan rings is 1. The van der Waals surface area contributed by atoms with E-state index in [1.54, 1.807) is 6.26 Å². The first-order valence-electron chi connectivity index (χ1n) is 8.93. The predicted molar refractivity (Wildman–Crippen MR) is 98.2 cm³/mol. The second-order valence-corrected chi connectivity index (χ2v) is 6.85. The molecule has 1 aliphatic rings. The van der Waals surface area contributed by atoms with Gasteiger partial charge in [0.2, 0.25) is 5.91 Å². The number of amides is 1. The first-order valence-corrected chi connectivity index (χ1v) is 8.93. The van der Waals surface area contributed by atoms with Crippen molar-refractivity contribution in [2.24, 2.45) is 0 Å². The molecule has 1 fully saturated rings. The molecule has 1 amide bonds. The molecule has 0 radical (unpaired) electrons. The first-order chi connectivity index (χ1) is 12.1. The van der Waals surface area contributed by atoms with E-state index in [2.05, 4.69) is 46.3 Å². The fourth-order valence-electron chi connectivity index (χ4n) is 3.27. The maximum absolute atomic E-state index is 12.2. The minimum absolute atomic E-state index is 0.0519. The highest BCUT2D eigenvalue weighted by Crippen LogP contribution is 2.13. The van der Waals surface area contributed by atoms with Crippen LogP contribution in [0.25, 0.3) is 0 Å². The number of piperazine rings is 1. The second kappa shape index (κ2) is 8.32. The van der Waals surface area contributed by atoms with Crippen LogP contribution in [0.3, 0.4) is 0 Å². The highest BCUT2D eigenvalue weighted by molar-refractivity contribution is 5.78. The van der Waals surface area contributed by atoms with Gasteiger partial charge in [0.25, 0.3) is 0 Å². The Bertz CT molecular complexity index is 676. The molecule has 1 N–H and O–H groups in total. The van der Waals surface area contributed by atoms with Gasteiger partial charge >= 0.3 is 0 Å². The van der Waals surface area contributed by atoms with Crippen LogP contribution in [-0.4, -0.2) is 48.4 Å². The lowest BCUT2D eigenvalue weighted by molar-refractivity contribution is -0.123. The van der Waals surface area contributed by atoms with Crippen LogP contribution >= 0.6 is 0 Å². The molecule has 0 saturated carbocycles. The fraction of sp³-hybridized carbons (Fsp3) is 0.450. The Balaban J connectivity index is 1.41. The average Bonchev–Trinajstić information content (AvgIpc) is 3.11. The zero-order valence-corrected chi connectivity index (χ0v) is 15.1. The predicted octanol–water partition coefficient (Wildman–Crippen LogP) is 2.58. The van der Waals surface area contributed by atoms with Crippen molar-refractivity contribution in [1.82, 2.24) is 15.1 Å². The zero-order valence-electron chi connectivity index (χ0n) is 15.1. The summed E-state index contributed by atoms with van der Waals surface area (Å²) < 4.78 is 5.33. The Morgan fingerprint density at radius 3 is 2.60 bits per heavy atom. The summed E-state index contributed by atoms with van der Waals surface area (Å²) in [5, 5.41) is 3.00. The van der Waals surface area contributed by atoms with Crippen LogP contribution in [0.5, 0.6) is 0 Å². The third-order valence-electron chi connectivity index (χ3n) is 4.67. The molecule has 5 nitrogen and oxygen atoms in total. The Kier molecular flexibility index (Phi) is 5.89. The normalized spacial score (nSPS) is 17.4. The van der Waals surface area contributed by atoms with Crippen molar-refractivity contribution in [3.8, 4) is 0 Å². The van der Waals surface area contributed by atoms with E-state index in [0.717, 1.165) is 38.5 Å². The second-order valence-electron chi connectivity index (χ2n) is 6.85. The molecular weight excluding hydrogens is 314 g/mol. The van der Waals surface area contributed by atoms with Gasteiger partial charge in [0.1, 0.15) is 5.76 Å². The van der Waals surface area contributed by atoms with E-state index in [0.29, 0.717) is 6.54 Å². The van der Waals surface area contributed by atoms with Crippen LogP contribution < -0.4 is 5.32 Å². The molecule has 0 unspecified atom stereocenters. The lowest BCUT2D eigenvalue weighted by atomic mass is 10.1. The molecule has 0 aliphatic carbocycles. The van der Waals surface area contributed by atoms with Crippen molar-refractivity contribution in [3.63, 3.8) is 0 Å². The lowest BCUT2D eigenvalue weighted by Crippen LogP contribution is -2.49. The Morgan fingerprint density at radius 1 is 1.16 bits per heavy atom. The van der Waals surface area contributed by atoms with E-state index < -0.39 is 0 Å².